The largest absolute Gasteiger partial charge is 0.343 e. The number of aliphatic imine (C=N–C) groups is 1. The molecule has 0 bridgehead atoms. The molecular formula is C12H10F2N4S. The first-order valence-corrected chi connectivity index (χ1v) is 6.39. The van der Waals surface area contributed by atoms with Crippen LogP contribution in [0.3, 0.4) is 0 Å². The summed E-state index contributed by atoms with van der Waals surface area (Å²) >= 11 is 1.35. The Hall–Kier alpha value is -1.86. The first kappa shape index (κ1) is 12.2. The van der Waals surface area contributed by atoms with Crippen LogP contribution in [0.25, 0.3) is 10.4 Å². The summed E-state index contributed by atoms with van der Waals surface area (Å²) in [4.78, 5) is 7.96. The number of hydrogen-bond donors (Lipinski definition) is 2. The third-order valence-electron chi connectivity index (χ3n) is 2.90. The standard InChI is InChI=1S/C12H10F2N4S/c1-5-7-4-16-12(15)18-11(7)19-9(5)6-2-3-8(13)17-10(6)14/h2-4,12,18H,15H2,1H3. The Balaban J connectivity index is 2.14. The Morgan fingerprint density at radius 1 is 1.37 bits per heavy atom. The summed E-state index contributed by atoms with van der Waals surface area (Å²) in [7, 11) is 0. The zero-order valence-corrected chi connectivity index (χ0v) is 10.8. The van der Waals surface area contributed by atoms with Crippen molar-refractivity contribution in [2.75, 3.05) is 5.32 Å². The lowest BCUT2D eigenvalue weighted by Crippen LogP contribution is -2.29. The zero-order valence-electron chi connectivity index (χ0n) is 9.95. The molecule has 0 saturated carbocycles. The quantitative estimate of drug-likeness (QED) is 0.789. The van der Waals surface area contributed by atoms with Gasteiger partial charge in [0.05, 0.1) is 0 Å². The second kappa shape index (κ2) is 4.36. The van der Waals surface area contributed by atoms with Gasteiger partial charge in [0.2, 0.25) is 11.9 Å². The van der Waals surface area contributed by atoms with Crippen molar-refractivity contribution in [1.29, 1.82) is 0 Å². The lowest BCUT2D eigenvalue weighted by molar-refractivity contribution is 0.515. The van der Waals surface area contributed by atoms with E-state index in [2.05, 4.69) is 15.3 Å². The zero-order chi connectivity index (χ0) is 13.6. The third-order valence-corrected chi connectivity index (χ3v) is 4.17. The highest BCUT2D eigenvalue weighted by Gasteiger charge is 2.21. The summed E-state index contributed by atoms with van der Waals surface area (Å²) in [6, 6.07) is 2.53. The number of nitrogens with zero attached hydrogens (tertiary/aromatic N) is 2. The van der Waals surface area contributed by atoms with Gasteiger partial charge < -0.3 is 5.32 Å². The summed E-state index contributed by atoms with van der Waals surface area (Å²) in [5.74, 6) is -1.65. The van der Waals surface area contributed by atoms with E-state index >= 15 is 0 Å². The van der Waals surface area contributed by atoms with Gasteiger partial charge in [0.15, 0.2) is 6.29 Å². The molecule has 3 rings (SSSR count). The summed E-state index contributed by atoms with van der Waals surface area (Å²) in [5.41, 5.74) is 7.69. The van der Waals surface area contributed by atoms with Crippen LogP contribution < -0.4 is 11.1 Å². The van der Waals surface area contributed by atoms with Gasteiger partial charge in [0, 0.05) is 22.2 Å². The molecule has 98 valence electrons. The van der Waals surface area contributed by atoms with Crippen molar-refractivity contribution >= 4 is 22.6 Å². The Kier molecular flexibility index (Phi) is 2.79. The lowest BCUT2D eigenvalue weighted by atomic mass is 10.1. The Labute approximate surface area is 112 Å². The first-order valence-electron chi connectivity index (χ1n) is 5.57. The summed E-state index contributed by atoms with van der Waals surface area (Å²) in [5, 5.41) is 3.84. The number of nitrogens with one attached hydrogen (secondary N) is 1. The molecule has 0 aromatic carbocycles. The van der Waals surface area contributed by atoms with Crippen molar-refractivity contribution in [2.45, 2.75) is 13.2 Å². The van der Waals surface area contributed by atoms with Gasteiger partial charge in [-0.3, -0.25) is 10.7 Å². The van der Waals surface area contributed by atoms with Gasteiger partial charge in [0.1, 0.15) is 5.00 Å². The molecule has 0 aliphatic carbocycles. The Morgan fingerprint density at radius 2 is 2.16 bits per heavy atom. The SMILES string of the molecule is Cc1c(-c2ccc(F)nc2F)sc2c1C=NC(N)N2. The number of pyridine rings is 1. The van der Waals surface area contributed by atoms with Crippen molar-refractivity contribution in [3.05, 3.63) is 35.2 Å². The highest BCUT2D eigenvalue weighted by Crippen LogP contribution is 2.40. The van der Waals surface area contributed by atoms with Crippen LogP contribution in [0.2, 0.25) is 0 Å². The minimum absolute atomic E-state index is 0.280. The number of halogens is 2. The van der Waals surface area contributed by atoms with E-state index in [1.807, 2.05) is 6.92 Å². The van der Waals surface area contributed by atoms with E-state index in [0.29, 0.717) is 4.88 Å². The molecule has 4 nitrogen and oxygen atoms in total. The molecule has 0 fully saturated rings. The van der Waals surface area contributed by atoms with Crippen LogP contribution in [0.4, 0.5) is 13.8 Å². The topological polar surface area (TPSA) is 63.3 Å². The van der Waals surface area contributed by atoms with E-state index in [0.717, 1.165) is 22.2 Å². The predicted octanol–water partition coefficient (Wildman–Crippen LogP) is 2.48. The maximum Gasteiger partial charge on any atom is 0.224 e. The van der Waals surface area contributed by atoms with E-state index in [1.54, 1.807) is 6.21 Å². The normalized spacial score (nSPS) is 17.2. The predicted molar refractivity (Wildman–Crippen MR) is 71.4 cm³/mol. The third kappa shape index (κ3) is 2.00. The highest BCUT2D eigenvalue weighted by molar-refractivity contribution is 7.20. The van der Waals surface area contributed by atoms with Crippen molar-refractivity contribution in [2.24, 2.45) is 10.7 Å². The minimum Gasteiger partial charge on any atom is -0.343 e. The molecule has 7 heteroatoms. The van der Waals surface area contributed by atoms with Gasteiger partial charge in [-0.05, 0) is 24.6 Å². The average molecular weight is 280 g/mol. The lowest BCUT2D eigenvalue weighted by Gasteiger charge is -2.14. The maximum atomic E-state index is 13.7. The molecule has 1 aliphatic heterocycles. The smallest absolute Gasteiger partial charge is 0.224 e. The van der Waals surface area contributed by atoms with Crippen molar-refractivity contribution in [3.63, 3.8) is 0 Å². The highest BCUT2D eigenvalue weighted by atomic mass is 32.1. The van der Waals surface area contributed by atoms with E-state index in [1.165, 1.54) is 17.4 Å². The van der Waals surface area contributed by atoms with Gasteiger partial charge in [-0.25, -0.2) is 0 Å². The van der Waals surface area contributed by atoms with Crippen LogP contribution >= 0.6 is 11.3 Å². The molecule has 1 atom stereocenters. The monoisotopic (exact) mass is 280 g/mol. The van der Waals surface area contributed by atoms with Crippen LogP contribution in [0.1, 0.15) is 11.1 Å². The van der Waals surface area contributed by atoms with Gasteiger partial charge in [-0.15, -0.1) is 11.3 Å². The number of rotatable bonds is 1. The fourth-order valence-electron chi connectivity index (χ4n) is 1.95. The van der Waals surface area contributed by atoms with Crippen LogP contribution in [0, 0.1) is 18.8 Å². The van der Waals surface area contributed by atoms with Gasteiger partial charge >= 0.3 is 0 Å². The fourth-order valence-corrected chi connectivity index (χ4v) is 3.18. The average Bonchev–Trinajstić information content (AvgIpc) is 2.66. The fraction of sp³-hybridized carbons (Fsp3) is 0.167. The van der Waals surface area contributed by atoms with Gasteiger partial charge in [-0.2, -0.15) is 13.8 Å². The summed E-state index contributed by atoms with van der Waals surface area (Å²) in [6.07, 6.45) is 1.18. The van der Waals surface area contributed by atoms with E-state index in [9.17, 15) is 8.78 Å². The van der Waals surface area contributed by atoms with Crippen LogP contribution in [0.5, 0.6) is 0 Å². The van der Waals surface area contributed by atoms with E-state index in [-0.39, 0.29) is 5.56 Å². The van der Waals surface area contributed by atoms with Crippen LogP contribution in [-0.2, 0) is 0 Å². The molecule has 0 radical (unpaired) electrons. The number of nitrogens with two attached hydrogens (primary N) is 1. The molecule has 0 saturated heterocycles. The summed E-state index contributed by atoms with van der Waals surface area (Å²) < 4.78 is 26.6. The second-order valence-corrected chi connectivity index (χ2v) is 5.16. The minimum atomic E-state index is -0.832. The van der Waals surface area contributed by atoms with Crippen molar-refractivity contribution < 1.29 is 8.78 Å². The maximum absolute atomic E-state index is 13.7. The van der Waals surface area contributed by atoms with E-state index < -0.39 is 18.2 Å². The molecule has 0 amide bonds. The first-order chi connectivity index (χ1) is 9.06. The number of thiophene rings is 1. The molecular weight excluding hydrogens is 270 g/mol. The molecule has 3 heterocycles. The molecule has 3 N–H and O–H groups in total. The van der Waals surface area contributed by atoms with Crippen molar-refractivity contribution in [1.82, 2.24) is 4.98 Å². The molecule has 1 unspecified atom stereocenters. The van der Waals surface area contributed by atoms with Crippen LogP contribution in [-0.4, -0.2) is 17.5 Å². The number of aromatic nitrogens is 1. The molecule has 2 aromatic heterocycles. The van der Waals surface area contributed by atoms with Gasteiger partial charge in [-0.1, -0.05) is 0 Å². The molecule has 19 heavy (non-hydrogen) atoms. The number of fused-ring (bicyclic) bond motifs is 1. The number of hydrogen-bond acceptors (Lipinski definition) is 5. The second-order valence-electron chi connectivity index (χ2n) is 4.14. The Bertz CT molecular complexity index is 681. The molecule has 1 aliphatic rings. The molecule has 2 aromatic rings. The van der Waals surface area contributed by atoms with E-state index in [4.69, 9.17) is 5.73 Å². The van der Waals surface area contributed by atoms with Crippen molar-refractivity contribution in [3.8, 4) is 10.4 Å². The number of anilines is 1. The van der Waals surface area contributed by atoms with Gasteiger partial charge in [0.25, 0.3) is 0 Å². The summed E-state index contributed by atoms with van der Waals surface area (Å²) in [6.45, 7) is 1.86. The van der Waals surface area contributed by atoms with Crippen LogP contribution in [0.15, 0.2) is 17.1 Å². The Morgan fingerprint density at radius 3 is 2.89 bits per heavy atom. The molecule has 0 spiro atoms.